The van der Waals surface area contributed by atoms with Crippen molar-refractivity contribution in [2.45, 2.75) is 74.1 Å². The predicted molar refractivity (Wildman–Crippen MR) is 235 cm³/mol. The number of quaternary nitrogens is 2. The highest BCUT2D eigenvalue weighted by Crippen LogP contribution is 2.49. The van der Waals surface area contributed by atoms with Gasteiger partial charge in [-0.25, -0.2) is 4.57 Å². The predicted octanol–water partition coefficient (Wildman–Crippen LogP) is 5.83. The van der Waals surface area contributed by atoms with Crippen LogP contribution >= 0.6 is 0 Å². The number of aryl methyl sites for hydroxylation is 1. The lowest BCUT2D eigenvalue weighted by Gasteiger charge is -2.29. The van der Waals surface area contributed by atoms with Crippen LogP contribution in [-0.2, 0) is 42.4 Å². The maximum Gasteiger partial charge on any atom is 0.309 e. The first-order valence-electron chi connectivity index (χ1n) is 20.2. The number of hydrogen-bond donors (Lipinski definition) is 3. The Morgan fingerprint density at radius 1 is 0.767 bits per heavy atom. The van der Waals surface area contributed by atoms with Gasteiger partial charge in [-0.05, 0) is 73.0 Å². The largest absolute Gasteiger partial charge is 0.481 e. The van der Waals surface area contributed by atoms with Crippen molar-refractivity contribution in [3.63, 3.8) is 0 Å². The third-order valence-electron chi connectivity index (χ3n) is 11.4. The summed E-state index contributed by atoms with van der Waals surface area (Å²) in [4.78, 5) is 13.2. The number of anilines is 1. The van der Waals surface area contributed by atoms with Gasteiger partial charge in [0.15, 0.2) is 31.2 Å². The van der Waals surface area contributed by atoms with Gasteiger partial charge in [-0.1, -0.05) is 19.9 Å². The number of fused-ring (bicyclic) bond motifs is 2. The van der Waals surface area contributed by atoms with Crippen LogP contribution in [0.25, 0.3) is 5.57 Å². The summed E-state index contributed by atoms with van der Waals surface area (Å²) >= 11 is 0. The Kier molecular flexibility index (Phi) is 13.3. The average Bonchev–Trinajstić information content (AvgIpc) is 3.46. The van der Waals surface area contributed by atoms with Gasteiger partial charge in [0.2, 0.25) is 5.69 Å². The SMILES string of the molecule is CC1(C)C(/C=C/C(=C/C=C2/N(CCC[N+](C)(C)C)c3ccc(S(=O)(=O)O)cc3C2(C)C)c2cc[n+](CCC(=O)O)cc2)=[N+](CCC[N+](C)(C)C)c2ccc(S(=O)(=O)O)cc21. The number of nitrogens with zero attached hydrogens (tertiary/aromatic N) is 5. The zero-order chi connectivity index (χ0) is 44.6. The molecule has 3 N–H and O–H groups in total. The molecule has 0 saturated carbocycles. The van der Waals surface area contributed by atoms with Crippen molar-refractivity contribution in [3.8, 4) is 0 Å². The number of rotatable bonds is 17. The molecule has 60 heavy (non-hydrogen) atoms. The van der Waals surface area contributed by atoms with E-state index in [1.807, 2.05) is 68.9 Å². The quantitative estimate of drug-likeness (QED) is 0.0658. The second kappa shape index (κ2) is 17.1. The van der Waals surface area contributed by atoms with E-state index in [0.717, 1.165) is 79.9 Å². The van der Waals surface area contributed by atoms with Crippen molar-refractivity contribution in [1.29, 1.82) is 0 Å². The number of hydrogen-bond acceptors (Lipinski definition) is 6. The van der Waals surface area contributed by atoms with Gasteiger partial charge in [-0.3, -0.25) is 13.9 Å². The summed E-state index contributed by atoms with van der Waals surface area (Å²) in [6.45, 7) is 11.7. The molecule has 0 aliphatic carbocycles. The van der Waals surface area contributed by atoms with E-state index in [4.69, 9.17) is 0 Å². The molecule has 0 saturated heterocycles. The molecule has 0 amide bonds. The number of aliphatic carboxylic acids is 1. The minimum absolute atomic E-state index is 0.0191. The molecule has 0 spiro atoms. The molecule has 0 radical (unpaired) electrons. The molecule has 2 aliphatic rings. The fraction of sp³-hybridized carbons (Fsp3) is 0.444. The molecule has 0 unspecified atom stereocenters. The number of carboxylic acid groups (broad SMARTS) is 1. The van der Waals surface area contributed by atoms with E-state index >= 15 is 0 Å². The van der Waals surface area contributed by atoms with E-state index in [1.165, 1.54) is 12.1 Å². The zero-order valence-electron chi connectivity index (χ0n) is 36.7. The Balaban J connectivity index is 1.68. The Bertz CT molecular complexity index is 2490. The Morgan fingerprint density at radius 3 is 1.90 bits per heavy atom. The Labute approximate surface area is 356 Å². The van der Waals surface area contributed by atoms with Crippen LogP contribution in [0.2, 0.25) is 0 Å². The molecule has 15 heteroatoms. The summed E-state index contributed by atoms with van der Waals surface area (Å²) < 4.78 is 74.7. The van der Waals surface area contributed by atoms with E-state index in [-0.39, 0.29) is 16.2 Å². The lowest BCUT2D eigenvalue weighted by molar-refractivity contribution is -0.871. The first-order valence-corrected chi connectivity index (χ1v) is 23.1. The number of aromatic nitrogens is 1. The van der Waals surface area contributed by atoms with Gasteiger partial charge in [-0.15, -0.1) is 0 Å². The maximum atomic E-state index is 12.3. The number of allylic oxidation sites excluding steroid dienone is 6. The normalized spacial score (nSPS) is 17.5. The van der Waals surface area contributed by atoms with E-state index in [1.54, 1.807) is 24.3 Å². The van der Waals surface area contributed by atoms with Crippen LogP contribution in [0.4, 0.5) is 11.4 Å². The summed E-state index contributed by atoms with van der Waals surface area (Å²) in [5.41, 5.74) is 5.63. The van der Waals surface area contributed by atoms with Gasteiger partial charge >= 0.3 is 5.97 Å². The second-order valence-corrected chi connectivity index (χ2v) is 21.8. The topological polar surface area (TPSA) is 156 Å². The van der Waals surface area contributed by atoms with Crippen molar-refractivity contribution < 1.29 is 54.0 Å². The molecule has 324 valence electrons. The fourth-order valence-electron chi connectivity index (χ4n) is 8.13. The number of carbonyl (C=O) groups is 1. The van der Waals surface area contributed by atoms with Crippen molar-refractivity contribution in [2.24, 2.45) is 0 Å². The molecule has 1 aromatic heterocycles. The molecule has 2 aliphatic heterocycles. The monoisotopic (exact) mass is 865 g/mol. The van der Waals surface area contributed by atoms with E-state index in [2.05, 4.69) is 63.9 Å². The average molecular weight is 866 g/mol. The first kappa shape index (κ1) is 46.6. The van der Waals surface area contributed by atoms with Crippen LogP contribution in [0, 0.1) is 0 Å². The highest BCUT2D eigenvalue weighted by Gasteiger charge is 2.45. The van der Waals surface area contributed by atoms with Crippen molar-refractivity contribution >= 4 is 48.9 Å². The lowest BCUT2D eigenvalue weighted by atomic mass is 9.81. The van der Waals surface area contributed by atoms with Crippen LogP contribution in [0.3, 0.4) is 0 Å². The minimum atomic E-state index is -4.44. The Hall–Kier alpha value is -4.51. The number of carboxylic acids is 1. The van der Waals surface area contributed by atoms with Crippen LogP contribution in [0.15, 0.2) is 101 Å². The second-order valence-electron chi connectivity index (χ2n) is 19.0. The fourth-order valence-corrected chi connectivity index (χ4v) is 9.14. The number of benzene rings is 2. The standard InChI is InChI=1S/C45H60N5O8S2/c1-44(2)37-31-35(59(53,54)55)15-17-39(37)47(24-11-29-49(5,6)7)41(44)19-13-33(34-21-26-46(27-22-34)28-23-43(51)52)14-20-42-45(3,4)38-32-36(60(56,57)58)16-18-40(38)48(42)25-12-30-50(8,9)10/h13-22,26-27,31-32H,11-12,23-25,28-30H2,1-10H3/q+1/p+3. The zero-order valence-corrected chi connectivity index (χ0v) is 38.3. The molecule has 5 rings (SSSR count). The highest BCUT2D eigenvalue weighted by molar-refractivity contribution is 7.86. The van der Waals surface area contributed by atoms with Crippen LogP contribution in [-0.4, -0.2) is 125 Å². The number of pyridine rings is 1. The molecule has 2 aromatic carbocycles. The maximum absolute atomic E-state index is 12.3. The molecule has 0 atom stereocenters. The first-order chi connectivity index (χ1) is 27.6. The van der Waals surface area contributed by atoms with Crippen LogP contribution in [0.1, 0.15) is 63.6 Å². The van der Waals surface area contributed by atoms with Gasteiger partial charge in [-0.2, -0.15) is 21.4 Å². The third kappa shape index (κ3) is 10.9. The van der Waals surface area contributed by atoms with E-state index in [9.17, 15) is 35.8 Å². The lowest BCUT2D eigenvalue weighted by Crippen LogP contribution is -2.37. The van der Waals surface area contributed by atoms with Gasteiger partial charge in [0.05, 0.1) is 77.0 Å². The van der Waals surface area contributed by atoms with Gasteiger partial charge < -0.3 is 19.0 Å². The molecule has 0 bridgehead atoms. The van der Waals surface area contributed by atoms with Crippen LogP contribution < -0.4 is 9.47 Å². The smallest absolute Gasteiger partial charge is 0.309 e. The van der Waals surface area contributed by atoms with Gasteiger partial charge in [0, 0.05) is 59.6 Å². The molecule has 3 aromatic rings. The summed E-state index contributed by atoms with van der Waals surface area (Å²) in [5.74, 6) is -0.886. The molecular formula is C45H63N5O8S2+4. The minimum Gasteiger partial charge on any atom is -0.481 e. The summed E-state index contributed by atoms with van der Waals surface area (Å²) in [7, 11) is 3.98. The van der Waals surface area contributed by atoms with Crippen molar-refractivity contribution in [2.75, 3.05) is 73.4 Å². The van der Waals surface area contributed by atoms with E-state index in [0.29, 0.717) is 19.6 Å². The van der Waals surface area contributed by atoms with Gasteiger partial charge in [0.1, 0.15) is 6.42 Å². The molecular weight excluding hydrogens is 803 g/mol. The molecule has 0 fully saturated rings. The van der Waals surface area contributed by atoms with Crippen molar-refractivity contribution in [3.05, 3.63) is 108 Å². The summed E-state index contributed by atoms with van der Waals surface area (Å²) in [6.07, 6.45) is 13.6. The summed E-state index contributed by atoms with van der Waals surface area (Å²) in [5, 5.41) is 9.29. The molecule has 13 nitrogen and oxygen atoms in total. The highest BCUT2D eigenvalue weighted by atomic mass is 32.2. The third-order valence-corrected chi connectivity index (χ3v) is 13.1. The molecule has 3 heterocycles. The van der Waals surface area contributed by atoms with Crippen molar-refractivity contribution in [1.82, 2.24) is 0 Å². The Morgan fingerprint density at radius 2 is 1.33 bits per heavy atom. The summed E-state index contributed by atoms with van der Waals surface area (Å²) in [6, 6.07) is 13.4. The van der Waals surface area contributed by atoms with Crippen LogP contribution in [0.5, 0.6) is 0 Å². The van der Waals surface area contributed by atoms with Gasteiger partial charge in [0.25, 0.3) is 20.2 Å². The van der Waals surface area contributed by atoms with E-state index < -0.39 is 37.0 Å².